The van der Waals surface area contributed by atoms with Gasteiger partial charge in [0, 0.05) is 28.9 Å². The summed E-state index contributed by atoms with van der Waals surface area (Å²) in [6, 6.07) is 13.2. The Hall–Kier alpha value is -2.19. The van der Waals surface area contributed by atoms with E-state index in [4.69, 9.17) is 25.8 Å². The Morgan fingerprint density at radius 1 is 1.14 bits per heavy atom. The second kappa shape index (κ2) is 10.5. The van der Waals surface area contributed by atoms with Crippen molar-refractivity contribution in [1.29, 1.82) is 0 Å². The first-order valence-electron chi connectivity index (χ1n) is 8.99. The predicted molar refractivity (Wildman–Crippen MR) is 115 cm³/mol. The number of hydrogen-bond acceptors (Lipinski definition) is 6. The molecule has 1 N–H and O–H groups in total. The van der Waals surface area contributed by atoms with Gasteiger partial charge in [-0.15, -0.1) is 0 Å². The van der Waals surface area contributed by atoms with Gasteiger partial charge in [-0.2, -0.15) is 0 Å². The molecular weight excluding hydrogens is 412 g/mol. The second-order valence-electron chi connectivity index (χ2n) is 6.23. The number of rotatable bonds is 10. The molecule has 1 heterocycles. The number of imidazole rings is 1. The number of aliphatic hydroxyl groups excluding tert-OH is 1. The van der Waals surface area contributed by atoms with Crippen LogP contribution in [0.5, 0.6) is 11.5 Å². The summed E-state index contributed by atoms with van der Waals surface area (Å²) in [5.41, 5.74) is 1.87. The van der Waals surface area contributed by atoms with Crippen molar-refractivity contribution in [2.75, 3.05) is 26.6 Å². The van der Waals surface area contributed by atoms with Crippen LogP contribution in [-0.4, -0.2) is 47.3 Å². The van der Waals surface area contributed by atoms with Crippen LogP contribution in [0.4, 0.5) is 0 Å². The Kier molecular flexibility index (Phi) is 7.83. The van der Waals surface area contributed by atoms with Crippen molar-refractivity contribution in [2.24, 2.45) is 0 Å². The van der Waals surface area contributed by atoms with E-state index >= 15 is 0 Å². The molecule has 1 aromatic heterocycles. The van der Waals surface area contributed by atoms with Crippen LogP contribution >= 0.6 is 23.4 Å². The number of hydrogen-bond donors (Lipinski definition) is 1. The van der Waals surface area contributed by atoms with Gasteiger partial charge in [-0.1, -0.05) is 35.5 Å². The van der Waals surface area contributed by atoms with Crippen molar-refractivity contribution in [3.63, 3.8) is 0 Å². The third-order valence-electron chi connectivity index (χ3n) is 4.12. The Labute approximate surface area is 179 Å². The van der Waals surface area contributed by atoms with Crippen molar-refractivity contribution in [2.45, 2.75) is 17.9 Å². The largest absolute Gasteiger partial charge is 0.493 e. The standard InChI is InChI=1S/C21H23ClN2O4S/c1-26-19-7-6-15(10-20(19)27-2)12-28-13-18(25)14-29-21-23-8-9-24(21)17-5-3-4-16(22)11-17/h3-11,18,25H,12-14H2,1-2H3. The molecule has 6 nitrogen and oxygen atoms in total. The molecule has 0 spiro atoms. The molecule has 0 amide bonds. The molecule has 1 unspecified atom stereocenters. The summed E-state index contributed by atoms with van der Waals surface area (Å²) in [6.07, 6.45) is 2.97. The molecule has 3 aromatic rings. The molecule has 0 radical (unpaired) electrons. The predicted octanol–water partition coefficient (Wildman–Crippen LogP) is 4.21. The fourth-order valence-electron chi connectivity index (χ4n) is 2.72. The van der Waals surface area contributed by atoms with Crippen LogP contribution < -0.4 is 9.47 Å². The number of nitrogens with zero attached hydrogens (tertiary/aromatic N) is 2. The SMILES string of the molecule is COc1ccc(COCC(O)CSc2nccn2-c2cccc(Cl)c2)cc1OC. The van der Waals surface area contributed by atoms with E-state index in [1.54, 1.807) is 20.4 Å². The molecule has 0 saturated carbocycles. The summed E-state index contributed by atoms with van der Waals surface area (Å²) < 4.78 is 18.1. The maximum atomic E-state index is 10.3. The zero-order valence-corrected chi connectivity index (χ0v) is 17.8. The molecule has 0 aliphatic carbocycles. The molecule has 8 heteroatoms. The monoisotopic (exact) mass is 434 g/mol. The first kappa shape index (κ1) is 21.5. The van der Waals surface area contributed by atoms with Crippen LogP contribution in [0.3, 0.4) is 0 Å². The third-order valence-corrected chi connectivity index (χ3v) is 5.47. The number of aromatic nitrogens is 2. The summed E-state index contributed by atoms with van der Waals surface area (Å²) in [4.78, 5) is 4.36. The minimum Gasteiger partial charge on any atom is -0.493 e. The highest BCUT2D eigenvalue weighted by Gasteiger charge is 2.11. The van der Waals surface area contributed by atoms with E-state index in [0.717, 1.165) is 16.4 Å². The third kappa shape index (κ3) is 5.90. The van der Waals surface area contributed by atoms with Crippen molar-refractivity contribution < 1.29 is 19.3 Å². The first-order chi connectivity index (χ1) is 14.1. The highest BCUT2D eigenvalue weighted by atomic mass is 35.5. The van der Waals surface area contributed by atoms with E-state index < -0.39 is 6.10 Å². The van der Waals surface area contributed by atoms with Crippen LogP contribution in [0, 0.1) is 0 Å². The first-order valence-corrected chi connectivity index (χ1v) is 10.4. The maximum absolute atomic E-state index is 10.3. The fraction of sp³-hybridized carbons (Fsp3) is 0.286. The van der Waals surface area contributed by atoms with Gasteiger partial charge in [-0.3, -0.25) is 4.57 Å². The van der Waals surface area contributed by atoms with E-state index in [0.29, 0.717) is 28.9 Å². The van der Waals surface area contributed by atoms with Crippen LogP contribution in [0.25, 0.3) is 5.69 Å². The molecule has 0 bridgehead atoms. The lowest BCUT2D eigenvalue weighted by atomic mass is 10.2. The fourth-order valence-corrected chi connectivity index (χ4v) is 3.78. The Balaban J connectivity index is 1.49. The highest BCUT2D eigenvalue weighted by Crippen LogP contribution is 2.28. The average molecular weight is 435 g/mol. The minimum atomic E-state index is -0.621. The van der Waals surface area contributed by atoms with Gasteiger partial charge in [0.05, 0.1) is 33.5 Å². The summed E-state index contributed by atoms with van der Waals surface area (Å²) in [6.45, 7) is 0.596. The molecule has 2 aromatic carbocycles. The average Bonchev–Trinajstić information content (AvgIpc) is 3.21. The van der Waals surface area contributed by atoms with E-state index in [1.165, 1.54) is 11.8 Å². The van der Waals surface area contributed by atoms with Gasteiger partial charge in [0.1, 0.15) is 0 Å². The number of thioether (sulfide) groups is 1. The van der Waals surface area contributed by atoms with Gasteiger partial charge < -0.3 is 19.3 Å². The van der Waals surface area contributed by atoms with Gasteiger partial charge >= 0.3 is 0 Å². The lowest BCUT2D eigenvalue weighted by Gasteiger charge is -2.13. The normalized spacial score (nSPS) is 12.0. The lowest BCUT2D eigenvalue weighted by Crippen LogP contribution is -2.18. The molecule has 29 heavy (non-hydrogen) atoms. The zero-order chi connectivity index (χ0) is 20.6. The Morgan fingerprint density at radius 3 is 2.72 bits per heavy atom. The molecule has 0 saturated heterocycles. The van der Waals surface area contributed by atoms with E-state index in [-0.39, 0.29) is 6.61 Å². The molecule has 0 aliphatic heterocycles. The number of halogens is 1. The van der Waals surface area contributed by atoms with Gasteiger partial charge in [-0.25, -0.2) is 4.98 Å². The van der Waals surface area contributed by atoms with Crippen molar-refractivity contribution in [1.82, 2.24) is 9.55 Å². The zero-order valence-electron chi connectivity index (χ0n) is 16.2. The van der Waals surface area contributed by atoms with Crippen LogP contribution in [0.1, 0.15) is 5.56 Å². The van der Waals surface area contributed by atoms with Gasteiger partial charge in [0.2, 0.25) is 0 Å². The number of benzene rings is 2. The summed E-state index contributed by atoms with van der Waals surface area (Å²) in [5.74, 6) is 1.78. The molecule has 1 atom stereocenters. The van der Waals surface area contributed by atoms with Gasteiger partial charge in [-0.05, 0) is 35.9 Å². The van der Waals surface area contributed by atoms with E-state index in [1.807, 2.05) is 53.2 Å². The van der Waals surface area contributed by atoms with E-state index in [2.05, 4.69) is 4.98 Å². The topological polar surface area (TPSA) is 65.7 Å². The van der Waals surface area contributed by atoms with Crippen LogP contribution in [0.15, 0.2) is 60.0 Å². The number of ether oxygens (including phenoxy) is 3. The maximum Gasteiger partial charge on any atom is 0.172 e. The van der Waals surface area contributed by atoms with Crippen molar-refractivity contribution >= 4 is 23.4 Å². The van der Waals surface area contributed by atoms with Crippen molar-refractivity contribution in [3.05, 3.63) is 65.4 Å². The summed E-state index contributed by atoms with van der Waals surface area (Å²) in [7, 11) is 3.19. The Bertz CT molecular complexity index is 935. The molecule has 3 rings (SSSR count). The number of aliphatic hydroxyl groups is 1. The molecular formula is C21H23ClN2O4S. The number of methoxy groups -OCH3 is 2. The quantitative estimate of drug-likeness (QED) is 0.482. The smallest absolute Gasteiger partial charge is 0.172 e. The second-order valence-corrected chi connectivity index (χ2v) is 7.65. The summed E-state index contributed by atoms with van der Waals surface area (Å²) in [5, 5.41) is 11.7. The van der Waals surface area contributed by atoms with E-state index in [9.17, 15) is 5.11 Å². The van der Waals surface area contributed by atoms with Gasteiger partial charge in [0.25, 0.3) is 0 Å². The molecule has 0 fully saturated rings. The highest BCUT2D eigenvalue weighted by molar-refractivity contribution is 7.99. The lowest BCUT2D eigenvalue weighted by molar-refractivity contribution is 0.0397. The molecule has 154 valence electrons. The van der Waals surface area contributed by atoms with Crippen LogP contribution in [-0.2, 0) is 11.3 Å². The van der Waals surface area contributed by atoms with Crippen molar-refractivity contribution in [3.8, 4) is 17.2 Å². The van der Waals surface area contributed by atoms with Crippen LogP contribution in [0.2, 0.25) is 5.02 Å². The summed E-state index contributed by atoms with van der Waals surface area (Å²) >= 11 is 7.54. The minimum absolute atomic E-state index is 0.221. The molecule has 0 aliphatic rings. The van der Waals surface area contributed by atoms with Gasteiger partial charge in [0.15, 0.2) is 16.7 Å². The Morgan fingerprint density at radius 2 is 1.97 bits per heavy atom.